The number of nitrogens with one attached hydrogen (secondary N) is 2. The highest BCUT2D eigenvalue weighted by atomic mass is 32.1. The van der Waals surface area contributed by atoms with Crippen LogP contribution in [0.3, 0.4) is 0 Å². The van der Waals surface area contributed by atoms with E-state index in [1.54, 1.807) is 6.20 Å². The number of hydrogen-bond acceptors (Lipinski definition) is 3. The van der Waals surface area contributed by atoms with E-state index >= 15 is 0 Å². The summed E-state index contributed by atoms with van der Waals surface area (Å²) in [5.74, 6) is 0. The van der Waals surface area contributed by atoms with Gasteiger partial charge in [0.15, 0.2) is 5.11 Å². The zero-order valence-electron chi connectivity index (χ0n) is 10.6. The summed E-state index contributed by atoms with van der Waals surface area (Å²) < 4.78 is 0. The van der Waals surface area contributed by atoms with Gasteiger partial charge in [-0.3, -0.25) is 0 Å². The van der Waals surface area contributed by atoms with E-state index in [-0.39, 0.29) is 0 Å². The zero-order chi connectivity index (χ0) is 13.8. The lowest BCUT2D eigenvalue weighted by atomic mass is 10.2. The second-order valence-corrected chi connectivity index (χ2v) is 4.63. The maximum Gasteiger partial charge on any atom is 0.175 e. The second kappa shape index (κ2) is 5.63. The molecule has 0 fully saturated rings. The Morgan fingerprint density at radius 2 is 1.75 bits per heavy atom. The molecule has 5 heteroatoms. The van der Waals surface area contributed by atoms with Gasteiger partial charge in [0.2, 0.25) is 0 Å². The lowest BCUT2D eigenvalue weighted by molar-refractivity contribution is 1.08. The quantitative estimate of drug-likeness (QED) is 0.704. The third-order valence-electron chi connectivity index (χ3n) is 2.83. The van der Waals surface area contributed by atoms with Gasteiger partial charge in [-0.2, -0.15) is 5.10 Å². The van der Waals surface area contributed by atoms with Crippen molar-refractivity contribution < 1.29 is 0 Å². The van der Waals surface area contributed by atoms with Crippen LogP contribution in [0.15, 0.2) is 60.8 Å². The highest BCUT2D eigenvalue weighted by Crippen LogP contribution is 2.20. The van der Waals surface area contributed by atoms with Crippen molar-refractivity contribution in [3.8, 4) is 0 Å². The molecule has 0 radical (unpaired) electrons. The molecule has 4 nitrogen and oxygen atoms in total. The molecule has 0 atom stereocenters. The summed E-state index contributed by atoms with van der Waals surface area (Å²) in [6, 6.07) is 17.6. The maximum atomic E-state index is 5.31. The first-order valence-corrected chi connectivity index (χ1v) is 6.57. The molecule has 0 aliphatic rings. The molecule has 98 valence electrons. The lowest BCUT2D eigenvalue weighted by Gasteiger charge is -2.11. The first-order chi connectivity index (χ1) is 9.83. The third kappa shape index (κ3) is 2.73. The number of fused-ring (bicyclic) bond motifs is 1. The Hall–Kier alpha value is -2.53. The molecule has 20 heavy (non-hydrogen) atoms. The highest BCUT2D eigenvalue weighted by Gasteiger charge is 2.04. The van der Waals surface area contributed by atoms with E-state index in [2.05, 4.69) is 20.8 Å². The van der Waals surface area contributed by atoms with Crippen molar-refractivity contribution in [1.82, 2.24) is 10.2 Å². The highest BCUT2D eigenvalue weighted by molar-refractivity contribution is 7.80. The van der Waals surface area contributed by atoms with Crippen LogP contribution in [0.2, 0.25) is 0 Å². The Morgan fingerprint density at radius 1 is 0.900 bits per heavy atom. The molecule has 3 aromatic rings. The minimum absolute atomic E-state index is 0.523. The SMILES string of the molecule is S=C(Nc1ccccc1)Nc1cccc2ccnnc12. The molecule has 0 unspecified atom stereocenters. The van der Waals surface area contributed by atoms with Crippen molar-refractivity contribution in [2.75, 3.05) is 10.6 Å². The van der Waals surface area contributed by atoms with E-state index in [9.17, 15) is 0 Å². The van der Waals surface area contributed by atoms with Gasteiger partial charge in [-0.1, -0.05) is 30.3 Å². The van der Waals surface area contributed by atoms with Gasteiger partial charge in [-0.25, -0.2) is 0 Å². The molecule has 0 amide bonds. The second-order valence-electron chi connectivity index (χ2n) is 4.22. The molecule has 0 spiro atoms. The Kier molecular flexibility index (Phi) is 3.52. The molecule has 0 aliphatic carbocycles. The molecule has 0 aliphatic heterocycles. The maximum absolute atomic E-state index is 5.31. The molecule has 1 heterocycles. The minimum Gasteiger partial charge on any atom is -0.332 e. The van der Waals surface area contributed by atoms with Crippen LogP contribution in [0.1, 0.15) is 0 Å². The largest absolute Gasteiger partial charge is 0.332 e. The van der Waals surface area contributed by atoms with Crippen molar-refractivity contribution in [3.05, 3.63) is 60.8 Å². The van der Waals surface area contributed by atoms with Gasteiger partial charge in [0.25, 0.3) is 0 Å². The van der Waals surface area contributed by atoms with Gasteiger partial charge in [-0.15, -0.1) is 5.10 Å². The molecule has 2 N–H and O–H groups in total. The molecule has 0 bridgehead atoms. The van der Waals surface area contributed by atoms with E-state index < -0.39 is 0 Å². The number of rotatable bonds is 2. The standard InChI is InChI=1S/C15H12N4S/c20-15(17-12-6-2-1-3-7-12)18-13-8-4-5-11-9-10-16-19-14(11)13/h1-10H,(H2,17,18,20). The Morgan fingerprint density at radius 3 is 2.60 bits per heavy atom. The fourth-order valence-electron chi connectivity index (χ4n) is 1.92. The fraction of sp³-hybridized carbons (Fsp3) is 0. The van der Waals surface area contributed by atoms with Crippen molar-refractivity contribution in [2.45, 2.75) is 0 Å². The van der Waals surface area contributed by atoms with Gasteiger partial charge in [0.05, 0.1) is 11.9 Å². The molecule has 2 aromatic carbocycles. The summed E-state index contributed by atoms with van der Waals surface area (Å²) in [7, 11) is 0. The van der Waals surface area contributed by atoms with Gasteiger partial charge >= 0.3 is 0 Å². The average molecular weight is 280 g/mol. The number of thiocarbonyl (C=S) groups is 1. The Bertz CT molecular complexity index is 738. The van der Waals surface area contributed by atoms with Gasteiger partial charge in [0.1, 0.15) is 5.52 Å². The summed E-state index contributed by atoms with van der Waals surface area (Å²) in [6.07, 6.45) is 1.67. The molecule has 0 saturated heterocycles. The van der Waals surface area contributed by atoms with Crippen molar-refractivity contribution in [1.29, 1.82) is 0 Å². The van der Waals surface area contributed by atoms with Crippen LogP contribution in [0, 0.1) is 0 Å². The van der Waals surface area contributed by atoms with Crippen molar-refractivity contribution in [2.24, 2.45) is 0 Å². The monoisotopic (exact) mass is 280 g/mol. The fourth-order valence-corrected chi connectivity index (χ4v) is 2.15. The topological polar surface area (TPSA) is 49.8 Å². The van der Waals surface area contributed by atoms with Gasteiger partial charge in [-0.05, 0) is 36.5 Å². The summed E-state index contributed by atoms with van der Waals surface area (Å²) in [6.45, 7) is 0. The molecule has 1 aromatic heterocycles. The van der Waals surface area contributed by atoms with Crippen LogP contribution in [-0.4, -0.2) is 15.3 Å². The number of para-hydroxylation sites is 1. The molecular formula is C15H12N4S. The van der Waals surface area contributed by atoms with Crippen molar-refractivity contribution in [3.63, 3.8) is 0 Å². The number of benzene rings is 2. The van der Waals surface area contributed by atoms with E-state index in [1.807, 2.05) is 54.6 Å². The van der Waals surface area contributed by atoms with Crippen LogP contribution < -0.4 is 10.6 Å². The number of anilines is 2. The van der Waals surface area contributed by atoms with Crippen molar-refractivity contribution >= 4 is 39.6 Å². The number of aromatic nitrogens is 2. The first-order valence-electron chi connectivity index (χ1n) is 6.16. The molecular weight excluding hydrogens is 268 g/mol. The summed E-state index contributed by atoms with van der Waals surface area (Å²) in [5, 5.41) is 15.9. The number of nitrogens with zero attached hydrogens (tertiary/aromatic N) is 2. The Balaban J connectivity index is 1.81. The summed E-state index contributed by atoms with van der Waals surface area (Å²) in [5.41, 5.74) is 2.58. The molecule has 3 rings (SSSR count). The van der Waals surface area contributed by atoms with E-state index in [0.29, 0.717) is 5.11 Å². The Labute approximate surface area is 121 Å². The van der Waals surface area contributed by atoms with Gasteiger partial charge in [0, 0.05) is 11.1 Å². The van der Waals surface area contributed by atoms with E-state index in [1.165, 1.54) is 0 Å². The summed E-state index contributed by atoms with van der Waals surface area (Å²) >= 11 is 5.31. The smallest absolute Gasteiger partial charge is 0.175 e. The predicted molar refractivity (Wildman–Crippen MR) is 85.8 cm³/mol. The van der Waals surface area contributed by atoms with Crippen LogP contribution in [0.25, 0.3) is 10.9 Å². The zero-order valence-corrected chi connectivity index (χ0v) is 11.4. The molecule has 0 saturated carbocycles. The minimum atomic E-state index is 0.523. The predicted octanol–water partition coefficient (Wildman–Crippen LogP) is 3.44. The van der Waals surface area contributed by atoms with Crippen LogP contribution >= 0.6 is 12.2 Å². The average Bonchev–Trinajstić information content (AvgIpc) is 2.48. The third-order valence-corrected chi connectivity index (χ3v) is 3.03. The van der Waals surface area contributed by atoms with E-state index in [4.69, 9.17) is 12.2 Å². The lowest BCUT2D eigenvalue weighted by Crippen LogP contribution is -2.19. The number of hydrogen-bond donors (Lipinski definition) is 2. The van der Waals surface area contributed by atoms with Crippen LogP contribution in [0.5, 0.6) is 0 Å². The summed E-state index contributed by atoms with van der Waals surface area (Å²) in [4.78, 5) is 0. The normalized spacial score (nSPS) is 10.2. The van der Waals surface area contributed by atoms with Crippen LogP contribution in [0.4, 0.5) is 11.4 Å². The first kappa shape index (κ1) is 12.5. The van der Waals surface area contributed by atoms with Crippen LogP contribution in [-0.2, 0) is 0 Å². The van der Waals surface area contributed by atoms with Gasteiger partial charge < -0.3 is 10.6 Å². The van der Waals surface area contributed by atoms with E-state index in [0.717, 1.165) is 22.3 Å².